The van der Waals surface area contributed by atoms with Gasteiger partial charge in [0, 0.05) is 26.2 Å². The second kappa shape index (κ2) is 10.3. The molecule has 0 saturated carbocycles. The number of rotatable bonds is 8. The molecule has 0 bridgehead atoms. The Balaban J connectivity index is 1.50. The Hall–Kier alpha value is -2.29. The minimum Gasteiger partial charge on any atom is -0.348 e. The van der Waals surface area contributed by atoms with E-state index in [1.54, 1.807) is 24.3 Å². The van der Waals surface area contributed by atoms with Crippen LogP contribution in [0.3, 0.4) is 0 Å². The zero-order valence-electron chi connectivity index (χ0n) is 18.1. The smallest absolute Gasteiger partial charge is 0.243 e. The summed E-state index contributed by atoms with van der Waals surface area (Å²) in [5, 5.41) is 2.91. The molecule has 168 valence electrons. The lowest BCUT2D eigenvalue weighted by Gasteiger charge is -2.33. The molecule has 1 saturated heterocycles. The number of carbonyl (C=O) groups is 1. The highest BCUT2D eigenvalue weighted by Gasteiger charge is 2.29. The molecular formula is C23H30FN3O3S. The summed E-state index contributed by atoms with van der Waals surface area (Å²) in [5.41, 5.74) is 1.96. The topological polar surface area (TPSA) is 69.7 Å². The molecule has 1 aliphatic rings. The third-order valence-corrected chi connectivity index (χ3v) is 7.46. The van der Waals surface area contributed by atoms with Crippen LogP contribution in [-0.4, -0.2) is 56.3 Å². The lowest BCUT2D eigenvalue weighted by Crippen LogP contribution is -2.51. The summed E-state index contributed by atoms with van der Waals surface area (Å²) in [6.07, 6.45) is 1.95. The van der Waals surface area contributed by atoms with Gasteiger partial charge in [0.2, 0.25) is 15.9 Å². The number of amides is 1. The standard InChI is InChI=1S/C23H30FN3O3S/c1-3-4-19-5-11-22(12-6-19)31(29,30)27-15-13-26(14-16-27)17-23(28)25-18(2)20-7-9-21(24)10-8-20/h5-12,18H,3-4,13-17H2,1-2H3,(H,25,28). The fourth-order valence-electron chi connectivity index (χ4n) is 3.72. The van der Waals surface area contributed by atoms with Crippen LogP contribution in [0.1, 0.15) is 37.4 Å². The second-order valence-corrected chi connectivity index (χ2v) is 9.85. The van der Waals surface area contributed by atoms with Gasteiger partial charge in [-0.15, -0.1) is 0 Å². The molecule has 2 aromatic carbocycles. The van der Waals surface area contributed by atoms with Gasteiger partial charge in [-0.05, 0) is 48.7 Å². The summed E-state index contributed by atoms with van der Waals surface area (Å²) in [5.74, 6) is -0.452. The monoisotopic (exact) mass is 447 g/mol. The number of carbonyl (C=O) groups excluding carboxylic acids is 1. The van der Waals surface area contributed by atoms with E-state index in [0.29, 0.717) is 31.1 Å². The molecule has 0 radical (unpaired) electrons. The fourth-order valence-corrected chi connectivity index (χ4v) is 5.14. The van der Waals surface area contributed by atoms with Crippen LogP contribution in [0.2, 0.25) is 0 Å². The molecule has 1 amide bonds. The van der Waals surface area contributed by atoms with E-state index in [1.165, 1.54) is 16.4 Å². The Labute approximate surface area is 184 Å². The van der Waals surface area contributed by atoms with Crippen LogP contribution in [0.15, 0.2) is 53.4 Å². The van der Waals surface area contributed by atoms with E-state index in [2.05, 4.69) is 12.2 Å². The first-order valence-electron chi connectivity index (χ1n) is 10.7. The number of nitrogens with zero attached hydrogens (tertiary/aromatic N) is 2. The third-order valence-electron chi connectivity index (χ3n) is 5.55. The molecule has 1 aliphatic heterocycles. The largest absolute Gasteiger partial charge is 0.348 e. The average Bonchev–Trinajstić information content (AvgIpc) is 2.75. The van der Waals surface area contributed by atoms with Gasteiger partial charge >= 0.3 is 0 Å². The summed E-state index contributed by atoms with van der Waals surface area (Å²) in [4.78, 5) is 14.6. The van der Waals surface area contributed by atoms with Gasteiger partial charge < -0.3 is 5.32 Å². The highest BCUT2D eigenvalue weighted by molar-refractivity contribution is 7.89. The predicted octanol–water partition coefficient (Wildman–Crippen LogP) is 2.96. The maximum absolute atomic E-state index is 13.1. The normalized spacial score (nSPS) is 16.7. The van der Waals surface area contributed by atoms with E-state index in [-0.39, 0.29) is 24.3 Å². The number of hydrogen-bond donors (Lipinski definition) is 1. The molecule has 1 heterocycles. The zero-order chi connectivity index (χ0) is 22.4. The minimum absolute atomic E-state index is 0.139. The molecule has 3 rings (SSSR count). The summed E-state index contributed by atoms with van der Waals surface area (Å²) in [6.45, 7) is 5.82. The van der Waals surface area contributed by atoms with Crippen LogP contribution >= 0.6 is 0 Å². The molecule has 1 N–H and O–H groups in total. The number of benzene rings is 2. The quantitative estimate of drug-likeness (QED) is 0.676. The van der Waals surface area contributed by atoms with Gasteiger partial charge in [0.1, 0.15) is 5.82 Å². The summed E-state index contributed by atoms with van der Waals surface area (Å²) >= 11 is 0. The third kappa shape index (κ3) is 6.12. The highest BCUT2D eigenvalue weighted by atomic mass is 32.2. The van der Waals surface area contributed by atoms with E-state index in [4.69, 9.17) is 0 Å². The van der Waals surface area contributed by atoms with Crippen molar-refractivity contribution in [2.45, 2.75) is 37.6 Å². The number of piperazine rings is 1. The number of nitrogens with one attached hydrogen (secondary N) is 1. The van der Waals surface area contributed by atoms with Crippen molar-refractivity contribution >= 4 is 15.9 Å². The molecule has 8 heteroatoms. The highest BCUT2D eigenvalue weighted by Crippen LogP contribution is 2.19. The molecule has 0 spiro atoms. The van der Waals surface area contributed by atoms with Crippen LogP contribution < -0.4 is 5.32 Å². The lowest BCUT2D eigenvalue weighted by atomic mass is 10.1. The van der Waals surface area contributed by atoms with Crippen LogP contribution in [0.25, 0.3) is 0 Å². The first-order valence-corrected chi connectivity index (χ1v) is 12.1. The van der Waals surface area contributed by atoms with E-state index in [9.17, 15) is 17.6 Å². The van der Waals surface area contributed by atoms with Crippen molar-refractivity contribution in [1.29, 1.82) is 0 Å². The van der Waals surface area contributed by atoms with Crippen molar-refractivity contribution in [3.05, 3.63) is 65.5 Å². The number of hydrogen-bond acceptors (Lipinski definition) is 4. The van der Waals surface area contributed by atoms with Gasteiger partial charge in [-0.1, -0.05) is 37.6 Å². The molecule has 6 nitrogen and oxygen atoms in total. The van der Waals surface area contributed by atoms with E-state index < -0.39 is 10.0 Å². The maximum Gasteiger partial charge on any atom is 0.243 e. The van der Waals surface area contributed by atoms with Crippen molar-refractivity contribution in [2.75, 3.05) is 32.7 Å². The second-order valence-electron chi connectivity index (χ2n) is 7.91. The molecule has 0 aliphatic carbocycles. The first-order chi connectivity index (χ1) is 14.8. The molecule has 1 atom stereocenters. The Morgan fingerprint density at radius 3 is 2.23 bits per heavy atom. The van der Waals surface area contributed by atoms with Crippen molar-refractivity contribution in [3.8, 4) is 0 Å². The average molecular weight is 448 g/mol. The van der Waals surface area contributed by atoms with E-state index in [0.717, 1.165) is 24.0 Å². The molecule has 1 fully saturated rings. The summed E-state index contributed by atoms with van der Waals surface area (Å²) in [7, 11) is -3.53. The fraction of sp³-hybridized carbons (Fsp3) is 0.435. The van der Waals surface area contributed by atoms with E-state index in [1.807, 2.05) is 24.0 Å². The Kier molecular flexibility index (Phi) is 7.80. The molecule has 2 aromatic rings. The molecular weight excluding hydrogens is 417 g/mol. The van der Waals surface area contributed by atoms with Gasteiger partial charge in [-0.25, -0.2) is 12.8 Å². The predicted molar refractivity (Wildman–Crippen MR) is 119 cm³/mol. The molecule has 1 unspecified atom stereocenters. The Morgan fingerprint density at radius 1 is 1.03 bits per heavy atom. The van der Waals surface area contributed by atoms with Gasteiger partial charge in [-0.2, -0.15) is 4.31 Å². The number of aryl methyl sites for hydroxylation is 1. The SMILES string of the molecule is CCCc1ccc(S(=O)(=O)N2CCN(CC(=O)NC(C)c3ccc(F)cc3)CC2)cc1. The Bertz CT molecular complexity index is 970. The zero-order valence-corrected chi connectivity index (χ0v) is 18.9. The van der Waals surface area contributed by atoms with Gasteiger partial charge in [0.15, 0.2) is 0 Å². The Morgan fingerprint density at radius 2 is 1.65 bits per heavy atom. The minimum atomic E-state index is -3.53. The van der Waals surface area contributed by atoms with Gasteiger partial charge in [0.25, 0.3) is 0 Å². The van der Waals surface area contributed by atoms with Crippen LogP contribution in [0.5, 0.6) is 0 Å². The van der Waals surface area contributed by atoms with Crippen molar-refractivity contribution in [2.24, 2.45) is 0 Å². The van der Waals surface area contributed by atoms with Crippen molar-refractivity contribution in [1.82, 2.24) is 14.5 Å². The lowest BCUT2D eigenvalue weighted by molar-refractivity contribution is -0.123. The molecule has 0 aromatic heterocycles. The summed E-state index contributed by atoms with van der Waals surface area (Å²) < 4.78 is 40.4. The first kappa shape index (κ1) is 23.4. The number of halogens is 1. The van der Waals surface area contributed by atoms with Crippen molar-refractivity contribution in [3.63, 3.8) is 0 Å². The maximum atomic E-state index is 13.1. The van der Waals surface area contributed by atoms with Gasteiger partial charge in [0.05, 0.1) is 17.5 Å². The van der Waals surface area contributed by atoms with Gasteiger partial charge in [-0.3, -0.25) is 9.69 Å². The van der Waals surface area contributed by atoms with Crippen LogP contribution in [0, 0.1) is 5.82 Å². The van der Waals surface area contributed by atoms with E-state index >= 15 is 0 Å². The van der Waals surface area contributed by atoms with Crippen molar-refractivity contribution < 1.29 is 17.6 Å². The summed E-state index contributed by atoms with van der Waals surface area (Å²) in [6, 6.07) is 12.9. The number of sulfonamides is 1. The van der Waals surface area contributed by atoms with Crippen LogP contribution in [0.4, 0.5) is 4.39 Å². The molecule has 31 heavy (non-hydrogen) atoms. The van der Waals surface area contributed by atoms with Crippen LogP contribution in [-0.2, 0) is 21.2 Å².